The fourth-order valence-electron chi connectivity index (χ4n) is 4.40. The molecule has 0 aromatic heterocycles. The SMILES string of the molecule is COc1cccc(CN(C(=O)CN(c2cc(Cl)ccc2OC)S(=O)(=O)c2ccc(C)c([N+](=O)[O-])c2)[C@@H](C)C(=O)NC(C)C)c1. The van der Waals surface area contributed by atoms with Gasteiger partial charge >= 0.3 is 0 Å². The number of amides is 2. The number of anilines is 1. The number of rotatable bonds is 13. The van der Waals surface area contributed by atoms with Crippen LogP contribution in [0.25, 0.3) is 0 Å². The van der Waals surface area contributed by atoms with Crippen molar-refractivity contribution in [1.82, 2.24) is 10.2 Å². The lowest BCUT2D eigenvalue weighted by molar-refractivity contribution is -0.385. The van der Waals surface area contributed by atoms with Crippen molar-refractivity contribution in [2.45, 2.75) is 51.2 Å². The number of nitro groups is 1. The number of hydrogen-bond donors (Lipinski definition) is 1. The van der Waals surface area contributed by atoms with Crippen LogP contribution in [0.15, 0.2) is 65.6 Å². The van der Waals surface area contributed by atoms with Crippen LogP contribution in [0.4, 0.5) is 11.4 Å². The quantitative estimate of drug-likeness (QED) is 0.207. The van der Waals surface area contributed by atoms with Crippen LogP contribution in [0.1, 0.15) is 31.9 Å². The van der Waals surface area contributed by atoms with E-state index in [1.54, 1.807) is 38.1 Å². The van der Waals surface area contributed by atoms with Crippen LogP contribution in [0.5, 0.6) is 11.5 Å². The van der Waals surface area contributed by atoms with E-state index in [1.807, 2.05) is 0 Å². The molecule has 0 spiro atoms. The zero-order valence-corrected chi connectivity index (χ0v) is 26.8. The molecule has 3 rings (SSSR count). The van der Waals surface area contributed by atoms with Crippen LogP contribution in [-0.2, 0) is 26.2 Å². The second-order valence-electron chi connectivity index (χ2n) is 10.2. The van der Waals surface area contributed by atoms with Crippen LogP contribution in [-0.4, -0.2) is 62.9 Å². The predicted molar refractivity (Wildman–Crippen MR) is 167 cm³/mol. The summed E-state index contributed by atoms with van der Waals surface area (Å²) in [6, 6.07) is 13.4. The van der Waals surface area contributed by atoms with Crippen molar-refractivity contribution < 1.29 is 32.4 Å². The van der Waals surface area contributed by atoms with Crippen LogP contribution >= 0.6 is 11.6 Å². The maximum Gasteiger partial charge on any atom is 0.273 e. The van der Waals surface area contributed by atoms with E-state index in [9.17, 15) is 28.1 Å². The summed E-state index contributed by atoms with van der Waals surface area (Å²) in [6.07, 6.45) is 0. The molecule has 236 valence electrons. The van der Waals surface area contributed by atoms with Gasteiger partial charge in [-0.2, -0.15) is 0 Å². The van der Waals surface area contributed by atoms with Gasteiger partial charge in [0.25, 0.3) is 15.7 Å². The molecule has 0 heterocycles. The monoisotopic (exact) mass is 646 g/mol. The number of ether oxygens (including phenoxy) is 2. The largest absolute Gasteiger partial charge is 0.497 e. The minimum Gasteiger partial charge on any atom is -0.497 e. The van der Waals surface area contributed by atoms with Crippen molar-refractivity contribution in [3.63, 3.8) is 0 Å². The zero-order chi connectivity index (χ0) is 32.8. The van der Waals surface area contributed by atoms with Gasteiger partial charge in [-0.25, -0.2) is 8.42 Å². The fourth-order valence-corrected chi connectivity index (χ4v) is 6.00. The van der Waals surface area contributed by atoms with Gasteiger partial charge in [0.05, 0.1) is 29.7 Å². The third kappa shape index (κ3) is 7.97. The summed E-state index contributed by atoms with van der Waals surface area (Å²) in [5, 5.41) is 14.6. The Morgan fingerprint density at radius 3 is 2.34 bits per heavy atom. The summed E-state index contributed by atoms with van der Waals surface area (Å²) in [6.45, 7) is 5.73. The van der Waals surface area contributed by atoms with Gasteiger partial charge in [0.15, 0.2) is 0 Å². The maximum atomic E-state index is 14.2. The van der Waals surface area contributed by atoms with Gasteiger partial charge in [-0.15, -0.1) is 0 Å². The number of aryl methyl sites for hydroxylation is 1. The van der Waals surface area contributed by atoms with Gasteiger partial charge in [0, 0.05) is 29.2 Å². The number of nitrogens with one attached hydrogen (secondary N) is 1. The topological polar surface area (TPSA) is 148 Å². The van der Waals surface area contributed by atoms with Crippen LogP contribution in [0.2, 0.25) is 5.02 Å². The van der Waals surface area contributed by atoms with Gasteiger partial charge in [-0.05, 0) is 69.7 Å². The summed E-state index contributed by atoms with van der Waals surface area (Å²) in [7, 11) is -1.81. The molecule has 0 aliphatic carbocycles. The Morgan fingerprint density at radius 1 is 1.02 bits per heavy atom. The minimum atomic E-state index is -4.63. The molecular weight excluding hydrogens is 612 g/mol. The zero-order valence-electron chi connectivity index (χ0n) is 25.2. The van der Waals surface area contributed by atoms with Crippen molar-refractivity contribution in [1.29, 1.82) is 0 Å². The molecule has 0 radical (unpaired) electrons. The second-order valence-corrected chi connectivity index (χ2v) is 12.5. The molecular formula is C30H35ClN4O8S. The van der Waals surface area contributed by atoms with Crippen molar-refractivity contribution in [3.05, 3.63) is 86.9 Å². The molecule has 0 unspecified atom stereocenters. The van der Waals surface area contributed by atoms with E-state index in [2.05, 4.69) is 5.32 Å². The van der Waals surface area contributed by atoms with Crippen LogP contribution < -0.4 is 19.1 Å². The highest BCUT2D eigenvalue weighted by molar-refractivity contribution is 7.92. The van der Waals surface area contributed by atoms with Gasteiger partial charge in [-0.3, -0.25) is 24.0 Å². The van der Waals surface area contributed by atoms with E-state index in [-0.39, 0.29) is 34.6 Å². The molecule has 0 aliphatic heterocycles. The first-order valence-electron chi connectivity index (χ1n) is 13.5. The molecule has 1 atom stereocenters. The molecule has 44 heavy (non-hydrogen) atoms. The first-order chi connectivity index (χ1) is 20.7. The maximum absolute atomic E-state index is 14.2. The average Bonchev–Trinajstić information content (AvgIpc) is 2.97. The lowest BCUT2D eigenvalue weighted by atomic mass is 10.1. The molecule has 0 saturated carbocycles. The first-order valence-corrected chi connectivity index (χ1v) is 15.4. The fraction of sp³-hybridized carbons (Fsp3) is 0.333. The lowest BCUT2D eigenvalue weighted by Gasteiger charge is -2.32. The Bertz CT molecular complexity index is 1650. The second kappa shape index (κ2) is 14.4. The Morgan fingerprint density at radius 2 is 1.73 bits per heavy atom. The molecule has 0 bridgehead atoms. The highest BCUT2D eigenvalue weighted by Gasteiger charge is 2.35. The predicted octanol–water partition coefficient (Wildman–Crippen LogP) is 4.71. The number of hydrogen-bond acceptors (Lipinski definition) is 8. The summed E-state index contributed by atoms with van der Waals surface area (Å²) in [5.74, 6) is -0.563. The highest BCUT2D eigenvalue weighted by atomic mass is 35.5. The summed E-state index contributed by atoms with van der Waals surface area (Å²) >= 11 is 6.25. The van der Waals surface area contributed by atoms with E-state index in [4.69, 9.17) is 21.1 Å². The van der Waals surface area contributed by atoms with Crippen molar-refractivity contribution in [2.75, 3.05) is 25.1 Å². The standard InChI is InChI=1S/C30H35ClN4O8S/c1-19(2)32-30(37)21(4)33(17-22-8-7-9-24(14-22)42-5)29(36)18-34(27-15-23(31)11-13-28(27)43-6)44(40,41)25-12-10-20(3)26(16-25)35(38)39/h7-16,19,21H,17-18H2,1-6H3,(H,32,37)/t21-/m0/s1. The number of benzene rings is 3. The molecule has 0 saturated heterocycles. The number of carbonyl (C=O) groups excluding carboxylic acids is 2. The number of sulfonamides is 1. The third-order valence-electron chi connectivity index (χ3n) is 6.74. The molecule has 0 fully saturated rings. The number of methoxy groups -OCH3 is 2. The smallest absolute Gasteiger partial charge is 0.273 e. The average molecular weight is 647 g/mol. The molecule has 1 N–H and O–H groups in total. The summed E-state index contributed by atoms with van der Waals surface area (Å²) in [4.78, 5) is 39.0. The van der Waals surface area contributed by atoms with E-state index in [0.717, 1.165) is 10.4 Å². The van der Waals surface area contributed by atoms with Gasteiger partial charge in [0.1, 0.15) is 24.1 Å². The Kier molecular flexibility index (Phi) is 11.2. The van der Waals surface area contributed by atoms with Crippen LogP contribution in [0.3, 0.4) is 0 Å². The number of carbonyl (C=O) groups is 2. The Labute approximate surface area is 261 Å². The van der Waals surface area contributed by atoms with E-state index >= 15 is 0 Å². The molecule has 0 aliphatic rings. The lowest BCUT2D eigenvalue weighted by Crippen LogP contribution is -2.52. The van der Waals surface area contributed by atoms with Crippen LogP contribution in [0, 0.1) is 17.0 Å². The Hall–Kier alpha value is -4.36. The first kappa shape index (κ1) is 34.1. The van der Waals surface area contributed by atoms with Crippen molar-refractivity contribution in [3.8, 4) is 11.5 Å². The van der Waals surface area contributed by atoms with Gasteiger partial charge in [-0.1, -0.05) is 29.8 Å². The number of halogens is 1. The van der Waals surface area contributed by atoms with E-state index in [1.165, 1.54) is 63.3 Å². The van der Waals surface area contributed by atoms with E-state index in [0.29, 0.717) is 11.3 Å². The summed E-state index contributed by atoms with van der Waals surface area (Å²) < 4.78 is 39.9. The van der Waals surface area contributed by atoms with Crippen molar-refractivity contribution >= 4 is 44.8 Å². The van der Waals surface area contributed by atoms with E-state index < -0.39 is 49.9 Å². The minimum absolute atomic E-state index is 0.0563. The number of nitrogens with zero attached hydrogens (tertiary/aromatic N) is 3. The third-order valence-corrected chi connectivity index (χ3v) is 8.73. The van der Waals surface area contributed by atoms with Gasteiger partial charge < -0.3 is 19.7 Å². The molecule has 3 aromatic carbocycles. The van der Waals surface area contributed by atoms with Gasteiger partial charge in [0.2, 0.25) is 11.8 Å². The highest BCUT2D eigenvalue weighted by Crippen LogP contribution is 2.36. The summed E-state index contributed by atoms with van der Waals surface area (Å²) in [5.41, 5.74) is 0.406. The molecule has 3 aromatic rings. The Balaban J connectivity index is 2.17. The molecule has 14 heteroatoms. The molecule has 12 nitrogen and oxygen atoms in total. The van der Waals surface area contributed by atoms with Crippen molar-refractivity contribution in [2.24, 2.45) is 0 Å². The normalized spacial score (nSPS) is 11.9. The number of nitro benzene ring substituents is 1. The molecule has 2 amide bonds.